The van der Waals surface area contributed by atoms with Crippen molar-refractivity contribution in [1.29, 1.82) is 0 Å². The zero-order valence-electron chi connectivity index (χ0n) is 11.4. The van der Waals surface area contributed by atoms with Gasteiger partial charge in [0.1, 0.15) is 0 Å². The van der Waals surface area contributed by atoms with Gasteiger partial charge in [-0.1, -0.05) is 51.8 Å². The van der Waals surface area contributed by atoms with Gasteiger partial charge in [-0.05, 0) is 35.7 Å². The van der Waals surface area contributed by atoms with Crippen LogP contribution in [0.1, 0.15) is 17.0 Å². The maximum absolute atomic E-state index is 6.33. The molecule has 0 aliphatic carbocycles. The van der Waals surface area contributed by atoms with Crippen LogP contribution in [0.3, 0.4) is 0 Å². The van der Waals surface area contributed by atoms with Crippen molar-refractivity contribution in [2.45, 2.75) is 23.3 Å². The van der Waals surface area contributed by atoms with E-state index in [0.29, 0.717) is 5.92 Å². The van der Waals surface area contributed by atoms with E-state index < -0.39 is 0 Å². The van der Waals surface area contributed by atoms with E-state index >= 15 is 0 Å². The van der Waals surface area contributed by atoms with Gasteiger partial charge in [-0.15, -0.1) is 11.8 Å². The number of hydrogen-bond donors (Lipinski definition) is 2. The highest BCUT2D eigenvalue weighted by Crippen LogP contribution is 2.41. The van der Waals surface area contributed by atoms with Crippen LogP contribution in [0.4, 0.5) is 0 Å². The average Bonchev–Trinajstić information content (AvgIpc) is 2.91. The first kappa shape index (κ1) is 15.4. The molecule has 0 spiro atoms. The summed E-state index contributed by atoms with van der Waals surface area (Å²) >= 11 is 11.7. The lowest BCUT2D eigenvalue weighted by Gasteiger charge is -2.23. The van der Waals surface area contributed by atoms with E-state index in [1.807, 2.05) is 23.9 Å². The van der Waals surface area contributed by atoms with Crippen molar-refractivity contribution in [3.05, 3.63) is 63.1 Å². The van der Waals surface area contributed by atoms with Crippen molar-refractivity contribution >= 4 is 39.3 Å². The summed E-state index contributed by atoms with van der Waals surface area (Å²) in [6, 6.07) is 14.8. The summed E-state index contributed by atoms with van der Waals surface area (Å²) < 4.78 is 0.996. The molecule has 5 heteroatoms. The molecule has 1 aliphatic heterocycles. The maximum atomic E-state index is 6.33. The summed E-state index contributed by atoms with van der Waals surface area (Å²) in [5, 5.41) is 0.781. The van der Waals surface area contributed by atoms with Crippen molar-refractivity contribution in [1.82, 2.24) is 5.43 Å². The highest BCUT2D eigenvalue weighted by atomic mass is 79.9. The first-order valence-electron chi connectivity index (χ1n) is 6.81. The van der Waals surface area contributed by atoms with E-state index in [-0.39, 0.29) is 6.04 Å². The van der Waals surface area contributed by atoms with Gasteiger partial charge in [0.25, 0.3) is 0 Å². The van der Waals surface area contributed by atoms with Crippen LogP contribution < -0.4 is 11.3 Å². The molecule has 0 bridgehead atoms. The zero-order chi connectivity index (χ0) is 14.8. The number of nitrogens with one attached hydrogen (secondary N) is 1. The number of rotatable bonds is 4. The normalized spacial score (nSPS) is 18.5. The predicted molar refractivity (Wildman–Crippen MR) is 93.9 cm³/mol. The van der Waals surface area contributed by atoms with Gasteiger partial charge in [0, 0.05) is 32.1 Å². The van der Waals surface area contributed by atoms with Gasteiger partial charge in [-0.25, -0.2) is 0 Å². The molecule has 1 heterocycles. The minimum absolute atomic E-state index is 0.180. The molecule has 2 aromatic carbocycles. The van der Waals surface area contributed by atoms with Crippen molar-refractivity contribution in [2.24, 2.45) is 5.84 Å². The largest absolute Gasteiger partial charge is 0.271 e. The predicted octanol–water partition coefficient (Wildman–Crippen LogP) is 4.37. The zero-order valence-corrected chi connectivity index (χ0v) is 14.5. The minimum atomic E-state index is 0.180. The lowest BCUT2D eigenvalue weighted by molar-refractivity contribution is 0.463. The highest BCUT2D eigenvalue weighted by molar-refractivity contribution is 9.10. The molecular weight excluding hydrogens is 368 g/mol. The Morgan fingerprint density at radius 1 is 1.33 bits per heavy atom. The second kappa shape index (κ2) is 6.71. The van der Waals surface area contributed by atoms with Crippen LogP contribution in [-0.2, 0) is 6.42 Å². The Kier molecular flexibility index (Phi) is 4.92. The Morgan fingerprint density at radius 2 is 2.14 bits per heavy atom. The molecule has 2 nitrogen and oxygen atoms in total. The van der Waals surface area contributed by atoms with Crippen LogP contribution in [-0.4, -0.2) is 11.8 Å². The van der Waals surface area contributed by atoms with E-state index in [2.05, 4.69) is 51.7 Å². The third-order valence-corrected chi connectivity index (χ3v) is 5.95. The maximum Gasteiger partial charge on any atom is 0.0449 e. The Labute approximate surface area is 142 Å². The van der Waals surface area contributed by atoms with Gasteiger partial charge in [0.2, 0.25) is 0 Å². The lowest BCUT2D eigenvalue weighted by Crippen LogP contribution is -2.41. The molecule has 0 radical (unpaired) electrons. The highest BCUT2D eigenvalue weighted by Gasteiger charge is 2.30. The quantitative estimate of drug-likeness (QED) is 0.608. The first-order valence-corrected chi connectivity index (χ1v) is 8.96. The molecular formula is C16H16BrClN2S. The number of hydrazine groups is 1. The fourth-order valence-electron chi connectivity index (χ4n) is 2.76. The molecule has 2 unspecified atom stereocenters. The summed E-state index contributed by atoms with van der Waals surface area (Å²) in [7, 11) is 0. The molecule has 3 N–H and O–H groups in total. The fourth-order valence-corrected chi connectivity index (χ4v) is 4.84. The second-order valence-corrected chi connectivity index (χ2v) is 7.55. The third-order valence-electron chi connectivity index (χ3n) is 3.89. The van der Waals surface area contributed by atoms with Gasteiger partial charge in [-0.3, -0.25) is 11.3 Å². The van der Waals surface area contributed by atoms with E-state index in [4.69, 9.17) is 17.4 Å². The molecule has 21 heavy (non-hydrogen) atoms. The van der Waals surface area contributed by atoms with E-state index in [1.54, 1.807) is 0 Å². The number of benzene rings is 2. The molecule has 1 aliphatic rings. The molecule has 2 aromatic rings. The molecule has 0 saturated carbocycles. The van der Waals surface area contributed by atoms with E-state index in [0.717, 1.165) is 27.2 Å². The first-order chi connectivity index (χ1) is 10.2. The topological polar surface area (TPSA) is 38.0 Å². The van der Waals surface area contributed by atoms with Crippen molar-refractivity contribution in [2.75, 3.05) is 5.75 Å². The summed E-state index contributed by atoms with van der Waals surface area (Å²) in [5.74, 6) is 7.30. The number of hydrogen-bond acceptors (Lipinski definition) is 3. The van der Waals surface area contributed by atoms with Crippen LogP contribution >= 0.6 is 39.3 Å². The summed E-state index contributed by atoms with van der Waals surface area (Å²) in [5.41, 5.74) is 5.50. The van der Waals surface area contributed by atoms with Gasteiger partial charge in [0.05, 0.1) is 0 Å². The van der Waals surface area contributed by atoms with E-state index in [1.165, 1.54) is 10.5 Å². The molecule has 2 atom stereocenters. The summed E-state index contributed by atoms with van der Waals surface area (Å²) in [4.78, 5) is 1.37. The van der Waals surface area contributed by atoms with Crippen LogP contribution in [0, 0.1) is 0 Å². The Balaban J connectivity index is 1.83. The number of fused-ring (bicyclic) bond motifs is 1. The van der Waals surface area contributed by atoms with Crippen molar-refractivity contribution in [3.8, 4) is 0 Å². The lowest BCUT2D eigenvalue weighted by atomic mass is 9.89. The third kappa shape index (κ3) is 3.30. The molecule has 0 fully saturated rings. The van der Waals surface area contributed by atoms with Crippen molar-refractivity contribution < 1.29 is 0 Å². The second-order valence-electron chi connectivity index (χ2n) is 5.17. The van der Waals surface area contributed by atoms with Gasteiger partial charge in [-0.2, -0.15) is 0 Å². The van der Waals surface area contributed by atoms with E-state index in [9.17, 15) is 0 Å². The summed E-state index contributed by atoms with van der Waals surface area (Å²) in [6.45, 7) is 0. The fraction of sp³-hybridized carbons (Fsp3) is 0.250. The molecule has 110 valence electrons. The number of thioether (sulfide) groups is 1. The van der Waals surface area contributed by atoms with Gasteiger partial charge >= 0.3 is 0 Å². The monoisotopic (exact) mass is 382 g/mol. The van der Waals surface area contributed by atoms with Crippen LogP contribution in [0.5, 0.6) is 0 Å². The standard InChI is InChI=1S/C16H16BrClN2S/c17-11-6-5-10(14(18)8-11)7-15(20-19)13-9-21-16-4-2-1-3-12(13)16/h1-6,8,13,15,20H,7,9,19H2. The number of nitrogens with two attached hydrogens (primary N) is 1. The summed E-state index contributed by atoms with van der Waals surface area (Å²) in [6.07, 6.45) is 0.822. The average molecular weight is 384 g/mol. The van der Waals surface area contributed by atoms with Gasteiger partial charge in [0.15, 0.2) is 0 Å². The minimum Gasteiger partial charge on any atom is -0.271 e. The molecule has 0 aromatic heterocycles. The molecule has 0 saturated heterocycles. The molecule has 3 rings (SSSR count). The Bertz CT molecular complexity index is 650. The number of halogens is 2. The van der Waals surface area contributed by atoms with Crippen LogP contribution in [0.25, 0.3) is 0 Å². The Hall–Kier alpha value is -0.520. The Morgan fingerprint density at radius 3 is 2.90 bits per heavy atom. The van der Waals surface area contributed by atoms with Gasteiger partial charge < -0.3 is 0 Å². The van der Waals surface area contributed by atoms with Crippen molar-refractivity contribution in [3.63, 3.8) is 0 Å². The van der Waals surface area contributed by atoms with Crippen LogP contribution in [0.2, 0.25) is 5.02 Å². The SMILES string of the molecule is NNC(Cc1ccc(Br)cc1Cl)C1CSc2ccccc21. The molecule has 0 amide bonds. The smallest absolute Gasteiger partial charge is 0.0449 e. The van der Waals surface area contributed by atoms with Crippen LogP contribution in [0.15, 0.2) is 51.8 Å².